The number of anilines is 1. The Bertz CT molecular complexity index is 1560. The first-order chi connectivity index (χ1) is 18.6. The molecule has 202 valence electrons. The van der Waals surface area contributed by atoms with Crippen LogP contribution in [0.1, 0.15) is 65.9 Å². The lowest BCUT2D eigenvalue weighted by Crippen LogP contribution is -2.36. The van der Waals surface area contributed by atoms with Gasteiger partial charge in [0.1, 0.15) is 5.69 Å². The number of carbonyl (C=O) groups is 1. The van der Waals surface area contributed by atoms with Crippen LogP contribution in [0.3, 0.4) is 0 Å². The Labute approximate surface area is 227 Å². The van der Waals surface area contributed by atoms with E-state index < -0.39 is 0 Å². The van der Waals surface area contributed by atoms with Gasteiger partial charge in [0.15, 0.2) is 0 Å². The lowest BCUT2D eigenvalue weighted by atomic mass is 9.93. The van der Waals surface area contributed by atoms with Crippen molar-refractivity contribution < 1.29 is 4.79 Å². The molecule has 39 heavy (non-hydrogen) atoms. The Balaban J connectivity index is 1.34. The summed E-state index contributed by atoms with van der Waals surface area (Å²) in [7, 11) is 1.94. The molecule has 4 aromatic rings. The number of aryl methyl sites for hydroxylation is 2. The Morgan fingerprint density at radius 2 is 1.90 bits per heavy atom. The summed E-state index contributed by atoms with van der Waals surface area (Å²) in [6.45, 7) is 11.1. The van der Waals surface area contributed by atoms with Crippen molar-refractivity contribution in [2.75, 3.05) is 18.4 Å². The minimum Gasteiger partial charge on any atom is -0.320 e. The maximum absolute atomic E-state index is 12.9. The van der Waals surface area contributed by atoms with Gasteiger partial charge in [-0.3, -0.25) is 24.2 Å². The molecule has 1 saturated heterocycles. The van der Waals surface area contributed by atoms with Crippen molar-refractivity contribution in [1.82, 2.24) is 34.8 Å². The molecule has 5 rings (SSSR count). The summed E-state index contributed by atoms with van der Waals surface area (Å²) < 4.78 is 1.89. The number of H-pyrrole nitrogens is 1. The van der Waals surface area contributed by atoms with E-state index in [1.165, 1.54) is 12.6 Å². The van der Waals surface area contributed by atoms with Crippen LogP contribution in [0, 0.1) is 6.92 Å². The van der Waals surface area contributed by atoms with Crippen molar-refractivity contribution in [3.63, 3.8) is 0 Å². The molecular formula is C29H34N8O2. The molecule has 0 radical (unpaired) electrons. The molecule has 2 N–H and O–H groups in total. The Kier molecular flexibility index (Phi) is 7.14. The van der Waals surface area contributed by atoms with Gasteiger partial charge in [-0.25, -0.2) is 10.1 Å². The molecule has 3 aromatic heterocycles. The van der Waals surface area contributed by atoms with E-state index in [1.54, 1.807) is 12.3 Å². The van der Waals surface area contributed by atoms with Gasteiger partial charge >= 0.3 is 0 Å². The summed E-state index contributed by atoms with van der Waals surface area (Å²) in [5, 5.41) is 14.5. The highest BCUT2D eigenvalue weighted by Gasteiger charge is 2.19. The Morgan fingerprint density at radius 1 is 1.10 bits per heavy atom. The Morgan fingerprint density at radius 3 is 2.56 bits per heavy atom. The molecule has 1 fully saturated rings. The molecule has 4 heterocycles. The number of carbonyl (C=O) groups excluding carboxylic acids is 1. The van der Waals surface area contributed by atoms with E-state index in [0.717, 1.165) is 47.8 Å². The van der Waals surface area contributed by atoms with Crippen LogP contribution in [-0.2, 0) is 25.4 Å². The van der Waals surface area contributed by atoms with Gasteiger partial charge in [-0.1, -0.05) is 32.9 Å². The van der Waals surface area contributed by atoms with E-state index in [2.05, 4.69) is 41.5 Å². The van der Waals surface area contributed by atoms with E-state index in [1.807, 2.05) is 57.6 Å². The lowest BCUT2D eigenvalue weighted by molar-refractivity contribution is 0.102. The largest absolute Gasteiger partial charge is 0.320 e. The van der Waals surface area contributed by atoms with Crippen LogP contribution in [-0.4, -0.2) is 53.8 Å². The van der Waals surface area contributed by atoms with Gasteiger partial charge in [-0.15, -0.1) is 0 Å². The fourth-order valence-corrected chi connectivity index (χ4v) is 4.43. The first kappa shape index (κ1) is 26.4. The van der Waals surface area contributed by atoms with Gasteiger partial charge in [-0.05, 0) is 50.2 Å². The normalized spacial score (nSPS) is 13.8. The minimum atomic E-state index is -0.345. The third-order valence-electron chi connectivity index (χ3n) is 7.05. The van der Waals surface area contributed by atoms with Crippen molar-refractivity contribution in [1.29, 1.82) is 0 Å². The van der Waals surface area contributed by atoms with Gasteiger partial charge in [0.2, 0.25) is 0 Å². The fourth-order valence-electron chi connectivity index (χ4n) is 4.43. The van der Waals surface area contributed by atoms with Crippen molar-refractivity contribution in [2.45, 2.75) is 52.5 Å². The SMILES string of the molecule is Cc1ccc(-c2cc(Cc3cc(CN4CCC4)n(C)n3)c(=O)[nH]n2)cc1NC(=O)c1cnc(C(C)(C)C)cn1. The second-order valence-electron chi connectivity index (χ2n) is 11.2. The summed E-state index contributed by atoms with van der Waals surface area (Å²) in [5.41, 5.74) is 6.10. The van der Waals surface area contributed by atoms with Crippen LogP contribution in [0.2, 0.25) is 0 Å². The topological polar surface area (TPSA) is 122 Å². The molecule has 0 atom stereocenters. The zero-order chi connectivity index (χ0) is 27.7. The summed E-state index contributed by atoms with van der Waals surface area (Å²) in [5.74, 6) is -0.345. The monoisotopic (exact) mass is 526 g/mol. The molecular weight excluding hydrogens is 492 g/mol. The first-order valence-corrected chi connectivity index (χ1v) is 13.1. The number of aromatic amines is 1. The molecule has 0 unspecified atom stereocenters. The number of hydrogen-bond acceptors (Lipinski definition) is 7. The molecule has 0 saturated carbocycles. The second-order valence-corrected chi connectivity index (χ2v) is 11.2. The average Bonchev–Trinajstić information content (AvgIpc) is 3.22. The van der Waals surface area contributed by atoms with Crippen LogP contribution < -0.4 is 10.9 Å². The van der Waals surface area contributed by atoms with Gasteiger partial charge in [0, 0.05) is 48.4 Å². The smallest absolute Gasteiger partial charge is 0.275 e. The van der Waals surface area contributed by atoms with Gasteiger partial charge in [-0.2, -0.15) is 10.2 Å². The zero-order valence-electron chi connectivity index (χ0n) is 23.1. The summed E-state index contributed by atoms with van der Waals surface area (Å²) in [6, 6.07) is 9.52. The highest BCUT2D eigenvalue weighted by molar-refractivity contribution is 6.03. The van der Waals surface area contributed by atoms with Crippen molar-refractivity contribution >= 4 is 11.6 Å². The average molecular weight is 527 g/mol. The highest BCUT2D eigenvalue weighted by Crippen LogP contribution is 2.25. The van der Waals surface area contributed by atoms with E-state index in [-0.39, 0.29) is 22.6 Å². The van der Waals surface area contributed by atoms with Crippen LogP contribution in [0.25, 0.3) is 11.3 Å². The summed E-state index contributed by atoms with van der Waals surface area (Å²) in [6.07, 6.45) is 4.78. The summed E-state index contributed by atoms with van der Waals surface area (Å²) in [4.78, 5) is 36.6. The maximum Gasteiger partial charge on any atom is 0.275 e. The van der Waals surface area contributed by atoms with Gasteiger partial charge in [0.25, 0.3) is 11.5 Å². The summed E-state index contributed by atoms with van der Waals surface area (Å²) >= 11 is 0. The van der Waals surface area contributed by atoms with Crippen LogP contribution in [0.4, 0.5) is 5.69 Å². The van der Waals surface area contributed by atoms with Gasteiger partial charge < -0.3 is 5.32 Å². The number of rotatable bonds is 7. The van der Waals surface area contributed by atoms with Crippen molar-refractivity contribution in [3.8, 4) is 11.3 Å². The fraction of sp³-hybridized carbons (Fsp3) is 0.379. The standard InChI is InChI=1S/C29H34N8O2/c1-18-7-8-19(12-23(18)32-28(39)25-15-31-26(16-30-25)29(2,3)4)24-13-20(27(38)34-33-24)11-21-14-22(36(5)35-21)17-37-9-6-10-37/h7-8,12-16H,6,9-11,17H2,1-5H3,(H,32,39)(H,34,38). The molecule has 10 heteroatoms. The number of nitrogens with one attached hydrogen (secondary N) is 2. The molecule has 1 aliphatic rings. The quantitative estimate of drug-likeness (QED) is 0.377. The molecule has 0 aliphatic carbocycles. The maximum atomic E-state index is 12.9. The van der Waals surface area contributed by atoms with E-state index >= 15 is 0 Å². The molecule has 0 bridgehead atoms. The molecule has 10 nitrogen and oxygen atoms in total. The number of nitrogens with zero attached hydrogens (tertiary/aromatic N) is 6. The molecule has 1 aliphatic heterocycles. The van der Waals surface area contributed by atoms with Crippen LogP contribution in [0.15, 0.2) is 47.5 Å². The second kappa shape index (κ2) is 10.5. The lowest BCUT2D eigenvalue weighted by Gasteiger charge is -2.30. The van der Waals surface area contributed by atoms with Crippen LogP contribution >= 0.6 is 0 Å². The third kappa shape index (κ3) is 5.96. The predicted octanol–water partition coefficient (Wildman–Crippen LogP) is 3.62. The minimum absolute atomic E-state index is 0.150. The predicted molar refractivity (Wildman–Crippen MR) is 150 cm³/mol. The van der Waals surface area contributed by atoms with E-state index in [4.69, 9.17) is 0 Å². The van der Waals surface area contributed by atoms with Crippen LogP contribution in [0.5, 0.6) is 0 Å². The third-order valence-corrected chi connectivity index (χ3v) is 7.05. The van der Waals surface area contributed by atoms with E-state index in [0.29, 0.717) is 23.4 Å². The van der Waals surface area contributed by atoms with Gasteiger partial charge in [0.05, 0.1) is 29.0 Å². The van der Waals surface area contributed by atoms with E-state index in [9.17, 15) is 9.59 Å². The van der Waals surface area contributed by atoms with Crippen molar-refractivity contribution in [3.05, 3.63) is 87.0 Å². The zero-order valence-corrected chi connectivity index (χ0v) is 23.1. The molecule has 1 amide bonds. The highest BCUT2D eigenvalue weighted by atomic mass is 16.2. The molecule has 1 aromatic carbocycles. The first-order valence-electron chi connectivity index (χ1n) is 13.1. The molecule has 0 spiro atoms. The Hall–Kier alpha value is -4.18. The number of aromatic nitrogens is 6. The number of amides is 1. The van der Waals surface area contributed by atoms with Crippen molar-refractivity contribution in [2.24, 2.45) is 7.05 Å². The number of benzene rings is 1. The number of likely N-dealkylation sites (tertiary alicyclic amines) is 1. The number of hydrogen-bond donors (Lipinski definition) is 2.